The van der Waals surface area contributed by atoms with E-state index in [0.717, 1.165) is 29.7 Å². The first-order valence-electron chi connectivity index (χ1n) is 10.7. The zero-order valence-corrected chi connectivity index (χ0v) is 18.2. The number of pyridine rings is 1. The van der Waals surface area contributed by atoms with Crippen molar-refractivity contribution in [2.45, 2.75) is 12.8 Å². The van der Waals surface area contributed by atoms with E-state index in [1.165, 1.54) is 0 Å². The number of unbranched alkanes of at least 4 members (excludes halogenated alkanes) is 1. The predicted molar refractivity (Wildman–Crippen MR) is 129 cm³/mol. The molecule has 3 rings (SSSR count). The van der Waals surface area contributed by atoms with Crippen LogP contribution in [0.2, 0.25) is 0 Å². The summed E-state index contributed by atoms with van der Waals surface area (Å²) < 4.78 is 5.98. The van der Waals surface area contributed by atoms with Gasteiger partial charge >= 0.3 is 0 Å². The highest BCUT2D eigenvalue weighted by atomic mass is 16.5. The van der Waals surface area contributed by atoms with E-state index in [2.05, 4.69) is 38.1 Å². The van der Waals surface area contributed by atoms with Crippen molar-refractivity contribution >= 4 is 17.6 Å². The molecule has 0 saturated heterocycles. The number of amides is 1. The molecule has 1 heterocycles. The second-order valence-corrected chi connectivity index (χ2v) is 7.04. The van der Waals surface area contributed by atoms with E-state index in [1.807, 2.05) is 42.5 Å². The molecule has 0 aliphatic carbocycles. The number of nitrogens with one attached hydrogen (secondary N) is 3. The van der Waals surface area contributed by atoms with Crippen molar-refractivity contribution in [2.75, 3.05) is 25.0 Å². The van der Waals surface area contributed by atoms with Gasteiger partial charge in [0.1, 0.15) is 5.75 Å². The van der Waals surface area contributed by atoms with Gasteiger partial charge < -0.3 is 20.7 Å². The van der Waals surface area contributed by atoms with Crippen LogP contribution in [0.15, 0.2) is 84.1 Å². The number of hydrogen-bond donors (Lipinski definition) is 3. The number of guanidine groups is 1. The fraction of sp³-hybridized carbons (Fsp3) is 0.200. The number of benzene rings is 2. The third kappa shape index (κ3) is 7.99. The lowest BCUT2D eigenvalue weighted by Crippen LogP contribution is -2.40. The van der Waals surface area contributed by atoms with Crippen LogP contribution < -0.4 is 20.7 Å². The molecule has 0 aliphatic rings. The van der Waals surface area contributed by atoms with Crippen molar-refractivity contribution in [3.05, 3.63) is 79.1 Å². The van der Waals surface area contributed by atoms with E-state index in [-0.39, 0.29) is 18.4 Å². The molecule has 3 N–H and O–H groups in total. The van der Waals surface area contributed by atoms with Crippen molar-refractivity contribution in [2.24, 2.45) is 4.99 Å². The molecule has 0 radical (unpaired) electrons. The quantitative estimate of drug-likeness (QED) is 0.192. The van der Waals surface area contributed by atoms with Gasteiger partial charge in [-0.05, 0) is 36.6 Å². The molecule has 8 heteroatoms. The highest BCUT2D eigenvalue weighted by molar-refractivity contribution is 5.96. The summed E-state index contributed by atoms with van der Waals surface area (Å²) in [5.41, 5.74) is 2.89. The van der Waals surface area contributed by atoms with Gasteiger partial charge in [0.25, 0.3) is 0 Å². The lowest BCUT2D eigenvalue weighted by molar-refractivity contribution is -0.120. The topological polar surface area (TPSA) is 111 Å². The summed E-state index contributed by atoms with van der Waals surface area (Å²) >= 11 is 0. The van der Waals surface area contributed by atoms with Gasteiger partial charge in [0, 0.05) is 30.2 Å². The lowest BCUT2D eigenvalue weighted by atomic mass is 10.1. The van der Waals surface area contributed by atoms with E-state index in [0.29, 0.717) is 18.8 Å². The van der Waals surface area contributed by atoms with Crippen LogP contribution in [0.3, 0.4) is 0 Å². The summed E-state index contributed by atoms with van der Waals surface area (Å²) in [5.74, 6) is 0.861. The number of rotatable bonds is 10. The second-order valence-electron chi connectivity index (χ2n) is 7.04. The minimum absolute atomic E-state index is 0.000449. The third-order valence-corrected chi connectivity index (χ3v) is 4.64. The third-order valence-electron chi connectivity index (χ3n) is 4.64. The van der Waals surface area contributed by atoms with Crippen LogP contribution in [-0.2, 0) is 4.79 Å². The smallest absolute Gasteiger partial charge is 0.239 e. The number of nitriles is 1. The number of para-hydroxylation sites is 1. The van der Waals surface area contributed by atoms with Gasteiger partial charge in [0.05, 0.1) is 13.2 Å². The molecule has 0 aliphatic heterocycles. The summed E-state index contributed by atoms with van der Waals surface area (Å²) in [6, 6.07) is 21.6. The fourth-order valence-electron chi connectivity index (χ4n) is 3.05. The van der Waals surface area contributed by atoms with E-state index >= 15 is 0 Å². The largest absolute Gasteiger partial charge is 0.493 e. The molecule has 0 unspecified atom stereocenters. The highest BCUT2D eigenvalue weighted by Crippen LogP contribution is 2.29. The maximum atomic E-state index is 12.1. The van der Waals surface area contributed by atoms with Gasteiger partial charge in [-0.15, -0.1) is 4.99 Å². The Kier molecular flexibility index (Phi) is 9.26. The van der Waals surface area contributed by atoms with Crippen LogP contribution >= 0.6 is 0 Å². The molecule has 2 aromatic carbocycles. The summed E-state index contributed by atoms with van der Waals surface area (Å²) in [7, 11) is 0. The number of ether oxygens (including phenoxy) is 1. The van der Waals surface area contributed by atoms with Crippen molar-refractivity contribution in [1.82, 2.24) is 15.6 Å². The highest BCUT2D eigenvalue weighted by Gasteiger charge is 2.06. The molecular formula is C25H26N6O2. The number of anilines is 1. The molecule has 1 aromatic heterocycles. The Balaban J connectivity index is 1.34. The summed E-state index contributed by atoms with van der Waals surface area (Å²) in [5, 5.41) is 17.4. The summed E-state index contributed by atoms with van der Waals surface area (Å²) in [6.45, 7) is 1.10. The monoisotopic (exact) mass is 442 g/mol. The van der Waals surface area contributed by atoms with Crippen LogP contribution in [0.25, 0.3) is 11.1 Å². The van der Waals surface area contributed by atoms with Crippen molar-refractivity contribution in [3.63, 3.8) is 0 Å². The van der Waals surface area contributed by atoms with E-state index in [1.54, 1.807) is 30.7 Å². The molecule has 168 valence electrons. The maximum Gasteiger partial charge on any atom is 0.239 e. The maximum absolute atomic E-state index is 12.1. The number of nitrogens with zero attached hydrogens (tertiary/aromatic N) is 3. The molecule has 33 heavy (non-hydrogen) atoms. The Morgan fingerprint density at radius 2 is 1.73 bits per heavy atom. The SMILES string of the molecule is N#C/N=C(/NCC(=O)NCCCCOc1ccccc1-c1ccccc1)Nc1ccncc1. The molecule has 8 nitrogen and oxygen atoms in total. The van der Waals surface area contributed by atoms with Gasteiger partial charge in [0.2, 0.25) is 18.1 Å². The zero-order chi connectivity index (χ0) is 23.1. The first-order valence-corrected chi connectivity index (χ1v) is 10.7. The first kappa shape index (κ1) is 23.3. The van der Waals surface area contributed by atoms with Gasteiger partial charge in [-0.2, -0.15) is 5.26 Å². The molecular weight excluding hydrogens is 416 g/mol. The van der Waals surface area contributed by atoms with Crippen molar-refractivity contribution in [3.8, 4) is 23.1 Å². The normalized spacial score (nSPS) is 10.7. The predicted octanol–water partition coefficient (Wildman–Crippen LogP) is 3.56. The van der Waals surface area contributed by atoms with Gasteiger partial charge in [-0.25, -0.2) is 0 Å². The average Bonchev–Trinajstić information content (AvgIpc) is 2.86. The number of aromatic nitrogens is 1. The van der Waals surface area contributed by atoms with Crippen LogP contribution in [0.5, 0.6) is 5.75 Å². The summed E-state index contributed by atoms with van der Waals surface area (Å²) in [6.07, 6.45) is 6.53. The van der Waals surface area contributed by atoms with Crippen LogP contribution in [0, 0.1) is 11.5 Å². The van der Waals surface area contributed by atoms with Crippen molar-refractivity contribution < 1.29 is 9.53 Å². The fourth-order valence-corrected chi connectivity index (χ4v) is 3.05. The Bertz CT molecular complexity index is 1080. The molecule has 3 aromatic rings. The van der Waals surface area contributed by atoms with Crippen LogP contribution in [0.1, 0.15) is 12.8 Å². The van der Waals surface area contributed by atoms with Gasteiger partial charge in [-0.3, -0.25) is 9.78 Å². The van der Waals surface area contributed by atoms with E-state index in [9.17, 15) is 4.79 Å². The number of hydrogen-bond acceptors (Lipinski definition) is 5. The van der Waals surface area contributed by atoms with E-state index < -0.39 is 0 Å². The standard InChI is InChI=1S/C25H26N6O2/c26-19-30-25(31-21-12-15-27-16-13-21)29-18-24(32)28-14-6-7-17-33-23-11-5-4-10-22(23)20-8-2-1-3-9-20/h1-5,8-13,15-16H,6-7,14,17-18H2,(H,28,32)(H2,27,29,30,31). The average molecular weight is 443 g/mol. The zero-order valence-electron chi connectivity index (χ0n) is 18.2. The number of carbonyl (C=O) groups is 1. The first-order chi connectivity index (χ1) is 16.3. The van der Waals surface area contributed by atoms with Crippen LogP contribution in [-0.4, -0.2) is 36.5 Å². The van der Waals surface area contributed by atoms with Gasteiger partial charge in [-0.1, -0.05) is 48.5 Å². The Labute approximate surface area is 193 Å². The Hall–Kier alpha value is -4.38. The Morgan fingerprint density at radius 3 is 2.52 bits per heavy atom. The molecule has 0 atom stereocenters. The molecule has 0 spiro atoms. The molecule has 0 saturated carbocycles. The molecule has 0 fully saturated rings. The van der Waals surface area contributed by atoms with Gasteiger partial charge in [0.15, 0.2) is 0 Å². The second kappa shape index (κ2) is 13.1. The number of aliphatic imine (C=N–C) groups is 1. The van der Waals surface area contributed by atoms with Crippen LogP contribution in [0.4, 0.5) is 5.69 Å². The molecule has 1 amide bonds. The molecule has 0 bridgehead atoms. The van der Waals surface area contributed by atoms with Crippen molar-refractivity contribution in [1.29, 1.82) is 5.26 Å². The minimum Gasteiger partial charge on any atom is -0.493 e. The minimum atomic E-state index is -0.187. The lowest BCUT2D eigenvalue weighted by Gasteiger charge is -2.12. The Morgan fingerprint density at radius 1 is 0.970 bits per heavy atom. The van der Waals surface area contributed by atoms with E-state index in [4.69, 9.17) is 10.00 Å². The number of carbonyl (C=O) groups excluding carboxylic acids is 1. The summed E-state index contributed by atoms with van der Waals surface area (Å²) in [4.78, 5) is 19.7.